The number of urea groups is 1. The summed E-state index contributed by atoms with van der Waals surface area (Å²) in [6.07, 6.45) is 1.59. The summed E-state index contributed by atoms with van der Waals surface area (Å²) in [6.45, 7) is 1.96. The second-order valence-corrected chi connectivity index (χ2v) is 4.66. The minimum atomic E-state index is -0.537. The molecule has 2 amide bonds. The van der Waals surface area contributed by atoms with Gasteiger partial charge in [-0.3, -0.25) is 4.90 Å². The molecule has 2 aromatic rings. The van der Waals surface area contributed by atoms with Crippen LogP contribution < -0.4 is 10.6 Å². The van der Waals surface area contributed by atoms with Gasteiger partial charge in [0.15, 0.2) is 0 Å². The van der Waals surface area contributed by atoms with E-state index in [9.17, 15) is 4.79 Å². The fraction of sp³-hybridized carbons (Fsp3) is 0.0769. The van der Waals surface area contributed by atoms with Gasteiger partial charge >= 0.3 is 6.03 Å². The minimum absolute atomic E-state index is 0.537. The molecule has 0 spiro atoms. The zero-order valence-corrected chi connectivity index (χ0v) is 11.4. The van der Waals surface area contributed by atoms with E-state index >= 15 is 0 Å². The Morgan fingerprint density at radius 1 is 1.28 bits per heavy atom. The van der Waals surface area contributed by atoms with Crippen LogP contribution >= 0.6 is 15.9 Å². The molecule has 4 nitrogen and oxygen atoms in total. The molecule has 5 heteroatoms. The Morgan fingerprint density at radius 2 is 2.06 bits per heavy atom. The van der Waals surface area contributed by atoms with E-state index in [0.717, 1.165) is 11.3 Å². The molecular formula is C13H12BrN3O. The van der Waals surface area contributed by atoms with Crippen LogP contribution in [-0.4, -0.2) is 11.0 Å². The predicted molar refractivity (Wildman–Crippen MR) is 74.8 cm³/mol. The second-order valence-electron chi connectivity index (χ2n) is 3.85. The maximum absolute atomic E-state index is 11.6. The molecule has 0 unspecified atom stereocenters. The van der Waals surface area contributed by atoms with Crippen molar-refractivity contribution < 1.29 is 4.79 Å². The van der Waals surface area contributed by atoms with Gasteiger partial charge in [0.05, 0.1) is 17.6 Å². The molecule has 0 saturated carbocycles. The smallest absolute Gasteiger partial charge is 0.323 e. The Hall–Kier alpha value is -1.88. The summed E-state index contributed by atoms with van der Waals surface area (Å²) in [5.74, 6) is 0. The largest absolute Gasteiger partial charge is 0.351 e. The number of primary amides is 1. The first-order chi connectivity index (χ1) is 8.58. The molecule has 0 radical (unpaired) electrons. The summed E-state index contributed by atoms with van der Waals surface area (Å²) in [4.78, 5) is 17.1. The Bertz CT molecular complexity index is 569. The van der Waals surface area contributed by atoms with Crippen LogP contribution in [0.3, 0.4) is 0 Å². The number of halogens is 1. The normalized spacial score (nSPS) is 10.1. The summed E-state index contributed by atoms with van der Waals surface area (Å²) >= 11 is 3.25. The second kappa shape index (κ2) is 5.18. The number of hydrogen-bond acceptors (Lipinski definition) is 2. The van der Waals surface area contributed by atoms with E-state index in [1.54, 1.807) is 18.3 Å². The van der Waals surface area contributed by atoms with Gasteiger partial charge in [-0.25, -0.2) is 9.78 Å². The number of aromatic nitrogens is 1. The summed E-state index contributed by atoms with van der Waals surface area (Å²) in [5, 5.41) is 0. The number of benzene rings is 1. The molecule has 2 N–H and O–H groups in total. The van der Waals surface area contributed by atoms with E-state index in [1.165, 1.54) is 4.90 Å². The van der Waals surface area contributed by atoms with Crippen molar-refractivity contribution in [2.75, 3.05) is 4.90 Å². The van der Waals surface area contributed by atoms with E-state index < -0.39 is 6.03 Å². The predicted octanol–water partition coefficient (Wildman–Crippen LogP) is 3.37. The van der Waals surface area contributed by atoms with Crippen LogP contribution in [0.4, 0.5) is 16.2 Å². The number of aryl methyl sites for hydroxylation is 1. The molecule has 18 heavy (non-hydrogen) atoms. The highest BCUT2D eigenvalue weighted by Gasteiger charge is 2.15. The average molecular weight is 306 g/mol. The third-order valence-electron chi connectivity index (χ3n) is 2.45. The maximum atomic E-state index is 11.6. The average Bonchev–Trinajstić information content (AvgIpc) is 2.32. The first-order valence-corrected chi connectivity index (χ1v) is 6.15. The van der Waals surface area contributed by atoms with E-state index in [4.69, 9.17) is 5.73 Å². The number of anilines is 2. The topological polar surface area (TPSA) is 59.2 Å². The standard InChI is InChI=1S/C13H12BrN3O/c1-9-3-2-4-10(7-9)17(13(15)18)11-5-6-12(14)16-8-11/h2-8H,1H3,(H2,15,18). The molecule has 1 aromatic heterocycles. The number of nitrogens with zero attached hydrogens (tertiary/aromatic N) is 2. The van der Waals surface area contributed by atoms with Gasteiger partial charge in [-0.15, -0.1) is 0 Å². The molecule has 0 aliphatic carbocycles. The van der Waals surface area contributed by atoms with Crippen LogP contribution in [0.1, 0.15) is 5.56 Å². The van der Waals surface area contributed by atoms with Gasteiger partial charge in [-0.1, -0.05) is 12.1 Å². The van der Waals surface area contributed by atoms with Gasteiger partial charge in [0, 0.05) is 0 Å². The summed E-state index contributed by atoms with van der Waals surface area (Å²) in [7, 11) is 0. The molecular weight excluding hydrogens is 294 g/mol. The molecule has 1 heterocycles. The maximum Gasteiger partial charge on any atom is 0.323 e. The van der Waals surface area contributed by atoms with Crippen LogP contribution in [0.5, 0.6) is 0 Å². The van der Waals surface area contributed by atoms with E-state index in [-0.39, 0.29) is 0 Å². The third kappa shape index (κ3) is 2.68. The van der Waals surface area contributed by atoms with Crippen molar-refractivity contribution in [3.8, 4) is 0 Å². The number of nitrogens with two attached hydrogens (primary N) is 1. The monoisotopic (exact) mass is 305 g/mol. The fourth-order valence-electron chi connectivity index (χ4n) is 1.67. The number of pyridine rings is 1. The lowest BCUT2D eigenvalue weighted by Crippen LogP contribution is -2.31. The molecule has 0 atom stereocenters. The number of carbonyl (C=O) groups is 1. The van der Waals surface area contributed by atoms with Crippen molar-refractivity contribution in [3.63, 3.8) is 0 Å². The van der Waals surface area contributed by atoms with E-state index in [0.29, 0.717) is 10.3 Å². The number of rotatable bonds is 2. The summed E-state index contributed by atoms with van der Waals surface area (Å²) in [6, 6.07) is 10.6. The van der Waals surface area contributed by atoms with Crippen molar-refractivity contribution in [1.29, 1.82) is 0 Å². The Balaban J connectivity index is 2.46. The highest BCUT2D eigenvalue weighted by Crippen LogP contribution is 2.25. The van der Waals surface area contributed by atoms with Gasteiger partial charge in [0.2, 0.25) is 0 Å². The van der Waals surface area contributed by atoms with Crippen molar-refractivity contribution in [3.05, 3.63) is 52.8 Å². The number of amides is 2. The van der Waals surface area contributed by atoms with E-state index in [1.807, 2.05) is 31.2 Å². The van der Waals surface area contributed by atoms with Gasteiger partial charge in [0.1, 0.15) is 4.60 Å². The van der Waals surface area contributed by atoms with Gasteiger partial charge in [-0.2, -0.15) is 0 Å². The highest BCUT2D eigenvalue weighted by atomic mass is 79.9. The van der Waals surface area contributed by atoms with Crippen LogP contribution in [0, 0.1) is 6.92 Å². The molecule has 0 bridgehead atoms. The quantitative estimate of drug-likeness (QED) is 0.865. The first-order valence-electron chi connectivity index (χ1n) is 5.36. The first kappa shape index (κ1) is 12.6. The lowest BCUT2D eigenvalue weighted by Gasteiger charge is -2.20. The number of hydrogen-bond donors (Lipinski definition) is 1. The van der Waals surface area contributed by atoms with Crippen LogP contribution in [0.25, 0.3) is 0 Å². The van der Waals surface area contributed by atoms with Crippen molar-refractivity contribution in [1.82, 2.24) is 4.98 Å². The SMILES string of the molecule is Cc1cccc(N(C(N)=O)c2ccc(Br)nc2)c1. The van der Waals surface area contributed by atoms with Gasteiger partial charge in [-0.05, 0) is 52.7 Å². The summed E-state index contributed by atoms with van der Waals surface area (Å²) in [5.41, 5.74) is 7.86. The highest BCUT2D eigenvalue weighted by molar-refractivity contribution is 9.10. The zero-order chi connectivity index (χ0) is 13.1. The number of carbonyl (C=O) groups excluding carboxylic acids is 1. The van der Waals surface area contributed by atoms with Crippen LogP contribution in [0.15, 0.2) is 47.2 Å². The molecule has 2 rings (SSSR count). The molecule has 0 aliphatic heterocycles. The zero-order valence-electron chi connectivity index (χ0n) is 9.80. The molecule has 0 aliphatic rings. The lowest BCUT2D eigenvalue weighted by molar-refractivity contribution is 0.256. The van der Waals surface area contributed by atoms with Crippen LogP contribution in [0.2, 0.25) is 0 Å². The summed E-state index contributed by atoms with van der Waals surface area (Å²) < 4.78 is 0.708. The van der Waals surface area contributed by atoms with Crippen LogP contribution in [-0.2, 0) is 0 Å². The third-order valence-corrected chi connectivity index (χ3v) is 2.92. The Morgan fingerprint density at radius 3 is 2.61 bits per heavy atom. The Kier molecular flexibility index (Phi) is 3.62. The van der Waals surface area contributed by atoms with Gasteiger partial charge in [0.25, 0.3) is 0 Å². The molecule has 1 aromatic carbocycles. The van der Waals surface area contributed by atoms with Crippen molar-refractivity contribution in [2.45, 2.75) is 6.92 Å². The fourth-order valence-corrected chi connectivity index (χ4v) is 1.91. The van der Waals surface area contributed by atoms with E-state index in [2.05, 4.69) is 20.9 Å². The Labute approximate surface area is 114 Å². The molecule has 0 saturated heterocycles. The lowest BCUT2D eigenvalue weighted by atomic mass is 10.2. The van der Waals surface area contributed by atoms with Crippen molar-refractivity contribution in [2.24, 2.45) is 5.73 Å². The molecule has 0 fully saturated rings. The molecule has 92 valence electrons. The minimum Gasteiger partial charge on any atom is -0.351 e. The van der Waals surface area contributed by atoms with Gasteiger partial charge < -0.3 is 5.73 Å². The van der Waals surface area contributed by atoms with Crippen molar-refractivity contribution >= 4 is 33.3 Å².